The Morgan fingerprint density at radius 3 is 2.50 bits per heavy atom. The first kappa shape index (κ1) is 11.4. The first-order valence-electron chi connectivity index (χ1n) is 4.64. The molecule has 2 aromatic rings. The van der Waals surface area contributed by atoms with Crippen LogP contribution in [-0.4, -0.2) is 9.97 Å². The molecular weight excluding hydrogens is 246 g/mol. The third-order valence-corrected chi connectivity index (χ3v) is 2.59. The van der Waals surface area contributed by atoms with Gasteiger partial charge in [0.05, 0.1) is 17.0 Å². The van der Waals surface area contributed by atoms with E-state index >= 15 is 0 Å². The summed E-state index contributed by atoms with van der Waals surface area (Å²) < 4.78 is 12.8. The van der Waals surface area contributed by atoms with E-state index in [9.17, 15) is 4.39 Å². The number of hydrogen-bond donors (Lipinski definition) is 0. The quantitative estimate of drug-likeness (QED) is 0.608. The van der Waals surface area contributed by atoms with Gasteiger partial charge >= 0.3 is 0 Å². The molecule has 0 fully saturated rings. The number of benzene rings is 1. The summed E-state index contributed by atoms with van der Waals surface area (Å²) in [4.78, 5) is 8.41. The molecule has 0 radical (unpaired) electrons. The first-order chi connectivity index (χ1) is 7.69. The van der Waals surface area contributed by atoms with Gasteiger partial charge in [0.2, 0.25) is 0 Å². The van der Waals surface area contributed by atoms with Crippen molar-refractivity contribution in [1.82, 2.24) is 9.97 Å². The van der Waals surface area contributed by atoms with Gasteiger partial charge in [0, 0.05) is 5.56 Å². The molecule has 0 aliphatic rings. The zero-order chi connectivity index (χ0) is 11.5. The fraction of sp³-hybridized carbons (Fsp3) is 0.0909. The summed E-state index contributed by atoms with van der Waals surface area (Å²) in [5.74, 6) is 0.561. The van der Waals surface area contributed by atoms with Crippen LogP contribution in [0.5, 0.6) is 0 Å². The number of hydrogen-bond acceptors (Lipinski definition) is 2. The van der Waals surface area contributed by atoms with Crippen LogP contribution in [0.15, 0.2) is 30.3 Å². The summed E-state index contributed by atoms with van der Waals surface area (Å²) in [6.45, 7) is 0. The van der Waals surface area contributed by atoms with Crippen molar-refractivity contribution in [3.8, 4) is 11.3 Å². The average Bonchev–Trinajstić information content (AvgIpc) is 2.29. The van der Waals surface area contributed by atoms with E-state index in [0.717, 1.165) is 16.7 Å². The van der Waals surface area contributed by atoms with Gasteiger partial charge in [-0.15, -0.1) is 11.6 Å². The molecule has 1 heterocycles. The summed E-state index contributed by atoms with van der Waals surface area (Å²) in [5, 5.41) is 0. The number of alkyl halides is 1. The molecule has 1 aromatic carbocycles. The Morgan fingerprint density at radius 2 is 1.88 bits per heavy atom. The van der Waals surface area contributed by atoms with Gasteiger partial charge in [0.1, 0.15) is 11.6 Å². The predicted octanol–water partition coefficient (Wildman–Crippen LogP) is 2.52. The molecule has 82 valence electrons. The molecule has 0 saturated heterocycles. The Kier molecular flexibility index (Phi) is 3.47. The van der Waals surface area contributed by atoms with Crippen LogP contribution in [0.2, 0.25) is 0 Å². The molecule has 2 rings (SSSR count). The van der Waals surface area contributed by atoms with Crippen molar-refractivity contribution in [3.63, 3.8) is 0 Å². The first-order valence-corrected chi connectivity index (χ1v) is 5.75. The highest BCUT2D eigenvalue weighted by Crippen LogP contribution is 2.17. The van der Waals surface area contributed by atoms with Gasteiger partial charge in [-0.3, -0.25) is 0 Å². The Balaban J connectivity index is 2.47. The number of nitrogens with zero attached hydrogens (tertiary/aromatic N) is 2. The molecule has 1 aromatic heterocycles. The van der Waals surface area contributed by atoms with Gasteiger partial charge in [0.15, 0.2) is 0 Å². The predicted molar refractivity (Wildman–Crippen MR) is 66.3 cm³/mol. The minimum Gasteiger partial charge on any atom is -0.232 e. The molecule has 1 unspecified atom stereocenters. The SMILES string of the molecule is Fc1ccc(-c2cc(P)nc(CCl)n2)cc1. The highest BCUT2D eigenvalue weighted by atomic mass is 35.5. The van der Waals surface area contributed by atoms with Crippen LogP contribution >= 0.6 is 20.8 Å². The summed E-state index contributed by atoms with van der Waals surface area (Å²) in [6, 6.07) is 7.98. The lowest BCUT2D eigenvalue weighted by Gasteiger charge is -2.04. The molecule has 0 amide bonds. The monoisotopic (exact) mass is 254 g/mol. The largest absolute Gasteiger partial charge is 0.232 e. The Morgan fingerprint density at radius 1 is 1.19 bits per heavy atom. The Labute approximate surface area is 100 Å². The molecule has 2 nitrogen and oxygen atoms in total. The van der Waals surface area contributed by atoms with E-state index < -0.39 is 0 Å². The summed E-state index contributed by atoms with van der Waals surface area (Å²) in [6.07, 6.45) is 0. The van der Waals surface area contributed by atoms with Gasteiger partial charge in [-0.1, -0.05) is 9.24 Å². The molecular formula is C11H9ClFN2P. The third-order valence-electron chi connectivity index (χ3n) is 2.05. The van der Waals surface area contributed by atoms with E-state index in [1.54, 1.807) is 12.1 Å². The van der Waals surface area contributed by atoms with Crippen LogP contribution in [0.3, 0.4) is 0 Å². The summed E-state index contributed by atoms with van der Waals surface area (Å²) >= 11 is 5.69. The van der Waals surface area contributed by atoms with Gasteiger partial charge in [-0.2, -0.15) is 0 Å². The lowest BCUT2D eigenvalue weighted by molar-refractivity contribution is 0.628. The number of rotatable bonds is 2. The maximum Gasteiger partial charge on any atom is 0.144 e. The lowest BCUT2D eigenvalue weighted by Crippen LogP contribution is -2.05. The topological polar surface area (TPSA) is 25.8 Å². The van der Waals surface area contributed by atoms with E-state index in [2.05, 4.69) is 19.2 Å². The molecule has 0 bridgehead atoms. The zero-order valence-corrected chi connectivity index (χ0v) is 10.2. The van der Waals surface area contributed by atoms with Crippen LogP contribution in [-0.2, 0) is 5.88 Å². The van der Waals surface area contributed by atoms with Gasteiger partial charge in [-0.05, 0) is 30.3 Å². The van der Waals surface area contributed by atoms with Gasteiger partial charge in [0.25, 0.3) is 0 Å². The molecule has 0 spiro atoms. The van der Waals surface area contributed by atoms with Crippen molar-refractivity contribution in [3.05, 3.63) is 42.0 Å². The second kappa shape index (κ2) is 4.86. The van der Waals surface area contributed by atoms with Crippen molar-refractivity contribution in [2.24, 2.45) is 0 Å². The van der Waals surface area contributed by atoms with E-state index in [-0.39, 0.29) is 11.7 Å². The van der Waals surface area contributed by atoms with Crippen molar-refractivity contribution in [1.29, 1.82) is 0 Å². The van der Waals surface area contributed by atoms with E-state index in [1.165, 1.54) is 12.1 Å². The lowest BCUT2D eigenvalue weighted by atomic mass is 10.1. The van der Waals surface area contributed by atoms with E-state index in [0.29, 0.717) is 5.82 Å². The van der Waals surface area contributed by atoms with Crippen LogP contribution in [0.4, 0.5) is 4.39 Å². The maximum absolute atomic E-state index is 12.8. The average molecular weight is 255 g/mol. The molecule has 0 N–H and O–H groups in total. The van der Waals surface area contributed by atoms with Crippen LogP contribution in [0, 0.1) is 5.82 Å². The highest BCUT2D eigenvalue weighted by Gasteiger charge is 2.04. The molecule has 5 heteroatoms. The maximum atomic E-state index is 12.8. The van der Waals surface area contributed by atoms with Crippen LogP contribution in [0.25, 0.3) is 11.3 Å². The van der Waals surface area contributed by atoms with Crippen molar-refractivity contribution < 1.29 is 4.39 Å². The smallest absolute Gasteiger partial charge is 0.144 e. The fourth-order valence-electron chi connectivity index (χ4n) is 1.35. The Bertz CT molecular complexity index is 502. The summed E-state index contributed by atoms with van der Waals surface area (Å²) in [7, 11) is 2.50. The molecule has 1 atom stereocenters. The Hall–Kier alpha value is -1.05. The number of halogens is 2. The minimum absolute atomic E-state index is 0.260. The second-order valence-corrected chi connectivity index (χ2v) is 4.09. The molecule has 0 aliphatic carbocycles. The van der Waals surface area contributed by atoms with Crippen molar-refractivity contribution >= 4 is 26.3 Å². The van der Waals surface area contributed by atoms with E-state index in [4.69, 9.17) is 11.6 Å². The van der Waals surface area contributed by atoms with Crippen molar-refractivity contribution in [2.75, 3.05) is 0 Å². The van der Waals surface area contributed by atoms with Crippen LogP contribution < -0.4 is 5.44 Å². The standard InChI is InChI=1S/C11H9ClFN2P/c12-6-10-14-9(5-11(16)15-10)7-1-3-8(13)4-2-7/h1-5H,6,16H2. The van der Waals surface area contributed by atoms with Gasteiger partial charge < -0.3 is 0 Å². The third kappa shape index (κ3) is 2.55. The fourth-order valence-corrected chi connectivity index (χ4v) is 1.77. The van der Waals surface area contributed by atoms with E-state index in [1.807, 2.05) is 6.07 Å². The normalized spacial score (nSPS) is 10.4. The van der Waals surface area contributed by atoms with Gasteiger partial charge in [-0.25, -0.2) is 14.4 Å². The molecule has 0 aliphatic heterocycles. The molecule has 0 saturated carbocycles. The highest BCUT2D eigenvalue weighted by molar-refractivity contribution is 7.26. The number of aromatic nitrogens is 2. The minimum atomic E-state index is -0.263. The zero-order valence-electron chi connectivity index (χ0n) is 8.32. The second-order valence-electron chi connectivity index (χ2n) is 3.23. The molecule has 16 heavy (non-hydrogen) atoms. The van der Waals surface area contributed by atoms with Crippen molar-refractivity contribution in [2.45, 2.75) is 5.88 Å². The summed E-state index contributed by atoms with van der Waals surface area (Å²) in [5.41, 5.74) is 2.36. The van der Waals surface area contributed by atoms with Crippen LogP contribution in [0.1, 0.15) is 5.82 Å².